The first-order valence-corrected chi connectivity index (χ1v) is 13.2. The molecule has 1 fully saturated rings. The van der Waals surface area contributed by atoms with Gasteiger partial charge in [-0.05, 0) is 11.5 Å². The molecule has 4 heterocycles. The van der Waals surface area contributed by atoms with Crippen LogP contribution in [0.5, 0.6) is 0 Å². The number of thiazole rings is 1. The van der Waals surface area contributed by atoms with Crippen molar-refractivity contribution >= 4 is 69.4 Å². The van der Waals surface area contributed by atoms with Gasteiger partial charge in [-0.3, -0.25) is 14.4 Å². The van der Waals surface area contributed by atoms with Gasteiger partial charge < -0.3 is 36.8 Å². The largest absolute Gasteiger partial charge is 0.543 e. The number of primary amides is 1. The Morgan fingerprint density at radius 2 is 2.11 bits per heavy atom. The number of nitrogens with one attached hydrogen (secondary N) is 1. The summed E-state index contributed by atoms with van der Waals surface area (Å²) >= 11 is 3.56. The molecule has 0 aliphatic carbocycles. The molecule has 0 saturated carbocycles. The van der Waals surface area contributed by atoms with Gasteiger partial charge in [0, 0.05) is 33.1 Å². The van der Waals surface area contributed by atoms with Crippen LogP contribution in [0.4, 0.5) is 5.13 Å². The molecule has 3 amide bonds. The Bertz CT molecular complexity index is 1350. The smallest absolute Gasteiger partial charge is 0.283 e. The van der Waals surface area contributed by atoms with E-state index in [2.05, 4.69) is 15.5 Å². The number of rotatable bonds is 9. The Labute approximate surface area is 221 Å². The van der Waals surface area contributed by atoms with Crippen LogP contribution in [0, 0.1) is 0 Å². The zero-order chi connectivity index (χ0) is 26.7. The molecular weight excluding hydrogens is 542 g/mol. The summed E-state index contributed by atoms with van der Waals surface area (Å²) in [5, 5.41) is 29.9. The molecule has 192 valence electrons. The number of amides is 3. The van der Waals surface area contributed by atoms with E-state index in [-0.39, 0.29) is 23.1 Å². The Morgan fingerprint density at radius 3 is 2.70 bits per heavy atom. The molecule has 2 unspecified atom stereocenters. The van der Waals surface area contributed by atoms with Crippen molar-refractivity contribution in [3.05, 3.63) is 57.7 Å². The highest BCUT2D eigenvalue weighted by Gasteiger charge is 2.52. The van der Waals surface area contributed by atoms with Gasteiger partial charge in [0.15, 0.2) is 23.2 Å². The second-order valence-corrected chi connectivity index (χ2v) is 10.6. The number of oxime groups is 1. The number of hydrogen-bond donors (Lipinski definition) is 4. The minimum Gasteiger partial charge on any atom is -0.543 e. The number of nitrogens with two attached hydrogens (primary N) is 2. The predicted molar refractivity (Wildman–Crippen MR) is 133 cm³/mol. The third-order valence-corrected chi connectivity index (χ3v) is 7.92. The number of carbonyl (C=O) groups is 4. The number of aliphatic carboxylic acids is 1. The third-order valence-electron chi connectivity index (χ3n) is 5.29. The van der Waals surface area contributed by atoms with Crippen LogP contribution in [0.2, 0.25) is 0 Å². The molecule has 2 aliphatic rings. The fourth-order valence-electron chi connectivity index (χ4n) is 3.64. The number of carbonyl (C=O) groups excluding carboxylic acids is 4. The van der Waals surface area contributed by atoms with E-state index in [0.29, 0.717) is 10.7 Å². The van der Waals surface area contributed by atoms with Crippen molar-refractivity contribution in [3.8, 4) is 0 Å². The van der Waals surface area contributed by atoms with E-state index < -0.39 is 41.5 Å². The number of pyridine rings is 1. The molecule has 13 nitrogen and oxygen atoms in total. The average Bonchev–Trinajstić information content (AvgIpc) is 3.28. The monoisotopic (exact) mass is 561 g/mol. The lowest BCUT2D eigenvalue weighted by molar-refractivity contribution is -0.684. The second-order valence-electron chi connectivity index (χ2n) is 7.65. The Hall–Kier alpha value is -3.89. The zero-order valence-electron chi connectivity index (χ0n) is 18.8. The van der Waals surface area contributed by atoms with Crippen LogP contribution in [-0.2, 0) is 25.7 Å². The van der Waals surface area contributed by atoms with Gasteiger partial charge in [-0.2, -0.15) is 4.57 Å². The number of β-lactam (4-membered cyclic amide) rings is 1. The van der Waals surface area contributed by atoms with Crippen molar-refractivity contribution in [2.45, 2.75) is 23.5 Å². The lowest BCUT2D eigenvalue weighted by Gasteiger charge is -2.50. The number of carboxylic acid groups (broad SMARTS) is 1. The summed E-state index contributed by atoms with van der Waals surface area (Å²) in [6.45, 7) is 0.0549. The molecule has 1 saturated heterocycles. The normalized spacial score (nSPS) is 19.5. The van der Waals surface area contributed by atoms with E-state index in [1.807, 2.05) is 0 Å². The van der Waals surface area contributed by atoms with Gasteiger partial charge in [-0.15, -0.1) is 23.1 Å². The number of fused-ring (bicyclic) bond motifs is 1. The molecule has 2 aromatic rings. The SMILES string of the molecule is NC(=O)C[n+]1ccc(S/C=C/C2=C(C(=O)[O-])N3C(=O)C(NC(=O)/C(=N/O)c4csc(N)n4)C3CS2)cc1. The highest BCUT2D eigenvalue weighted by atomic mass is 32.2. The van der Waals surface area contributed by atoms with Gasteiger partial charge in [0.1, 0.15) is 11.7 Å². The van der Waals surface area contributed by atoms with E-state index in [4.69, 9.17) is 11.5 Å². The van der Waals surface area contributed by atoms with Gasteiger partial charge in [0.25, 0.3) is 17.7 Å². The van der Waals surface area contributed by atoms with Crippen LogP contribution in [0.25, 0.3) is 0 Å². The zero-order valence-corrected chi connectivity index (χ0v) is 21.2. The quantitative estimate of drug-likeness (QED) is 0.0687. The van der Waals surface area contributed by atoms with Crippen molar-refractivity contribution in [2.75, 3.05) is 11.5 Å². The maximum Gasteiger partial charge on any atom is 0.283 e. The molecule has 0 radical (unpaired) electrons. The molecule has 2 aromatic heterocycles. The Morgan fingerprint density at radius 1 is 1.38 bits per heavy atom. The number of aromatic nitrogens is 2. The van der Waals surface area contributed by atoms with Crippen LogP contribution in [-0.4, -0.2) is 62.3 Å². The topological polar surface area (TPSA) is 208 Å². The number of nitrogen functional groups attached to an aromatic ring is 1. The molecule has 16 heteroatoms. The second kappa shape index (κ2) is 11.0. The number of hydrogen-bond acceptors (Lipinski definition) is 12. The highest BCUT2D eigenvalue weighted by molar-refractivity contribution is 8.04. The van der Waals surface area contributed by atoms with Gasteiger partial charge in [0.05, 0.1) is 17.7 Å². The molecule has 6 N–H and O–H groups in total. The van der Waals surface area contributed by atoms with Gasteiger partial charge >= 0.3 is 0 Å². The van der Waals surface area contributed by atoms with Gasteiger partial charge in [-0.25, -0.2) is 4.98 Å². The van der Waals surface area contributed by atoms with E-state index >= 15 is 0 Å². The van der Waals surface area contributed by atoms with Crippen LogP contribution >= 0.6 is 34.9 Å². The summed E-state index contributed by atoms with van der Waals surface area (Å²) in [5.74, 6) is -3.16. The first-order valence-electron chi connectivity index (χ1n) is 10.5. The minimum atomic E-state index is -1.53. The predicted octanol–water partition coefficient (Wildman–Crippen LogP) is -1.61. The summed E-state index contributed by atoms with van der Waals surface area (Å²) in [4.78, 5) is 54.5. The van der Waals surface area contributed by atoms with Gasteiger partial charge in [0.2, 0.25) is 6.54 Å². The molecule has 0 spiro atoms. The Balaban J connectivity index is 1.44. The summed E-state index contributed by atoms with van der Waals surface area (Å²) in [5.41, 5.74) is 10.1. The molecule has 2 atom stereocenters. The highest BCUT2D eigenvalue weighted by Crippen LogP contribution is 2.39. The number of nitrogens with zero attached hydrogens (tertiary/aromatic N) is 4. The Kier molecular flexibility index (Phi) is 7.80. The number of carboxylic acids is 1. The van der Waals surface area contributed by atoms with Crippen molar-refractivity contribution < 1.29 is 34.1 Å². The molecule has 2 aliphatic heterocycles. The van der Waals surface area contributed by atoms with Crippen LogP contribution < -0.4 is 26.5 Å². The lowest BCUT2D eigenvalue weighted by atomic mass is 9.94. The first-order chi connectivity index (χ1) is 17.7. The molecular formula is C21H19N7O6S3. The van der Waals surface area contributed by atoms with Crippen LogP contribution in [0.15, 0.2) is 62.0 Å². The van der Waals surface area contributed by atoms with E-state index in [1.54, 1.807) is 40.6 Å². The van der Waals surface area contributed by atoms with Crippen molar-refractivity contribution in [2.24, 2.45) is 10.9 Å². The van der Waals surface area contributed by atoms with E-state index in [0.717, 1.165) is 21.1 Å². The maximum atomic E-state index is 12.8. The van der Waals surface area contributed by atoms with Gasteiger partial charge in [-0.1, -0.05) is 16.9 Å². The molecule has 4 rings (SSSR count). The average molecular weight is 562 g/mol. The summed E-state index contributed by atoms with van der Waals surface area (Å²) in [7, 11) is 0. The number of anilines is 1. The fraction of sp³-hybridized carbons (Fsp3) is 0.190. The third kappa shape index (κ3) is 5.60. The molecule has 0 bridgehead atoms. The van der Waals surface area contributed by atoms with Crippen molar-refractivity contribution in [1.82, 2.24) is 15.2 Å². The van der Waals surface area contributed by atoms with Crippen molar-refractivity contribution in [1.29, 1.82) is 0 Å². The molecule has 37 heavy (non-hydrogen) atoms. The number of allylic oxidation sites excluding steroid dienone is 1. The summed E-state index contributed by atoms with van der Waals surface area (Å²) in [6.07, 6.45) is 4.95. The fourth-order valence-corrected chi connectivity index (χ4v) is 6.09. The number of thioether (sulfide) groups is 2. The summed E-state index contributed by atoms with van der Waals surface area (Å²) in [6, 6.07) is 1.89. The summed E-state index contributed by atoms with van der Waals surface area (Å²) < 4.78 is 1.62. The van der Waals surface area contributed by atoms with E-state index in [1.165, 1.54) is 28.9 Å². The standard InChI is InChI=1S/C21H19N7O6S3/c22-14(29)7-27-4-1-10(2-5-27)35-6-3-13-17(20(32)33)28-12(9-36-13)16(19(28)31)25-18(30)15(26-34)11-8-37-21(23)24-11/h1-6,8,12,16H,7,9H2,(H6-,22,23,24,25,29,30,32,33,34)/b6-3+. The lowest BCUT2D eigenvalue weighted by Crippen LogP contribution is -2.73. The minimum absolute atomic E-state index is 0.0468. The van der Waals surface area contributed by atoms with E-state index in [9.17, 15) is 29.5 Å². The first kappa shape index (κ1) is 26.2. The van der Waals surface area contributed by atoms with Crippen LogP contribution in [0.3, 0.4) is 0 Å². The van der Waals surface area contributed by atoms with Crippen LogP contribution in [0.1, 0.15) is 5.69 Å². The maximum absolute atomic E-state index is 12.8. The van der Waals surface area contributed by atoms with Crippen molar-refractivity contribution in [3.63, 3.8) is 0 Å². The molecule has 0 aromatic carbocycles.